The van der Waals surface area contributed by atoms with Crippen LogP contribution < -0.4 is 0 Å². The molecule has 0 bridgehead atoms. The molecule has 112 valence electrons. The average Bonchev–Trinajstić information content (AvgIpc) is 2.48. The molecule has 0 saturated heterocycles. The molecule has 0 aromatic heterocycles. The van der Waals surface area contributed by atoms with Crippen molar-refractivity contribution in [2.45, 2.75) is 11.8 Å². The van der Waals surface area contributed by atoms with Gasteiger partial charge in [-0.1, -0.05) is 63.4 Å². The Kier molecular flexibility index (Phi) is 6.28. The quantitative estimate of drug-likeness (QED) is 0.466. The van der Waals surface area contributed by atoms with E-state index in [4.69, 9.17) is 46.4 Å². The van der Waals surface area contributed by atoms with Crippen molar-refractivity contribution in [1.82, 2.24) is 0 Å². The van der Waals surface area contributed by atoms with Gasteiger partial charge in [-0.25, -0.2) is 0 Å². The summed E-state index contributed by atoms with van der Waals surface area (Å²) < 4.78 is 0.941. The Morgan fingerprint density at radius 3 is 2.14 bits per heavy atom. The molecule has 0 amide bonds. The van der Waals surface area contributed by atoms with Gasteiger partial charge in [-0.15, -0.1) is 23.2 Å². The van der Waals surface area contributed by atoms with E-state index in [-0.39, 0.29) is 0 Å². The van der Waals surface area contributed by atoms with E-state index >= 15 is 0 Å². The molecule has 0 radical (unpaired) electrons. The standard InChI is InChI=1S/C16H13BrCl4/c17-12-6-5-11(15(21)7-12)8-16(9-18,10-19)13-3-1-2-4-14(13)20/h1-7H,8-10H2. The molecule has 2 aromatic carbocycles. The minimum absolute atomic E-state index is 0.368. The highest BCUT2D eigenvalue weighted by Gasteiger charge is 2.33. The summed E-state index contributed by atoms with van der Waals surface area (Å²) in [7, 11) is 0. The topological polar surface area (TPSA) is 0 Å². The highest BCUT2D eigenvalue weighted by atomic mass is 79.9. The van der Waals surface area contributed by atoms with Gasteiger partial charge in [-0.3, -0.25) is 0 Å². The molecule has 2 aromatic rings. The lowest BCUT2D eigenvalue weighted by Gasteiger charge is -2.31. The van der Waals surface area contributed by atoms with Gasteiger partial charge < -0.3 is 0 Å². The van der Waals surface area contributed by atoms with E-state index in [1.165, 1.54) is 0 Å². The van der Waals surface area contributed by atoms with Crippen LogP contribution >= 0.6 is 62.3 Å². The van der Waals surface area contributed by atoms with Crippen LogP contribution in [0.3, 0.4) is 0 Å². The Morgan fingerprint density at radius 2 is 1.57 bits per heavy atom. The maximum atomic E-state index is 6.34. The van der Waals surface area contributed by atoms with E-state index in [1.54, 1.807) is 0 Å². The Bertz CT molecular complexity index is 623. The zero-order valence-corrected chi connectivity index (χ0v) is 15.7. The highest BCUT2D eigenvalue weighted by Crippen LogP contribution is 2.37. The summed E-state index contributed by atoms with van der Waals surface area (Å²) >= 11 is 28.6. The van der Waals surface area contributed by atoms with Gasteiger partial charge in [0.25, 0.3) is 0 Å². The predicted octanol–water partition coefficient (Wildman–Crippen LogP) is 6.71. The van der Waals surface area contributed by atoms with Crippen LogP contribution in [0.25, 0.3) is 0 Å². The van der Waals surface area contributed by atoms with Crippen LogP contribution in [0.5, 0.6) is 0 Å². The lowest BCUT2D eigenvalue weighted by Crippen LogP contribution is -2.33. The lowest BCUT2D eigenvalue weighted by molar-refractivity contribution is 0.536. The van der Waals surface area contributed by atoms with E-state index in [9.17, 15) is 0 Å². The van der Waals surface area contributed by atoms with Crippen LogP contribution in [-0.2, 0) is 11.8 Å². The third-order valence-corrected chi connectivity index (χ3v) is 5.70. The molecule has 0 fully saturated rings. The fraction of sp³-hybridized carbons (Fsp3) is 0.250. The molecule has 21 heavy (non-hydrogen) atoms. The first-order valence-corrected chi connectivity index (χ1v) is 8.95. The molecule has 0 aliphatic carbocycles. The molecule has 0 nitrogen and oxygen atoms in total. The Morgan fingerprint density at radius 1 is 0.905 bits per heavy atom. The number of alkyl halides is 2. The zero-order chi connectivity index (χ0) is 15.5. The second-order valence-corrected chi connectivity index (χ2v) is 7.20. The molecule has 0 spiro atoms. The van der Waals surface area contributed by atoms with Gasteiger partial charge in [0, 0.05) is 31.7 Å². The van der Waals surface area contributed by atoms with Gasteiger partial charge in [-0.2, -0.15) is 0 Å². The van der Waals surface area contributed by atoms with Crippen LogP contribution in [0.4, 0.5) is 0 Å². The summed E-state index contributed by atoms with van der Waals surface area (Å²) in [5, 5.41) is 1.36. The molecule has 0 saturated carbocycles. The minimum atomic E-state index is -0.446. The SMILES string of the molecule is ClCC(CCl)(Cc1ccc(Br)cc1Cl)c1ccccc1Cl. The largest absolute Gasteiger partial charge is 0.126 e. The summed E-state index contributed by atoms with van der Waals surface area (Å²) in [4.78, 5) is 0. The predicted molar refractivity (Wildman–Crippen MR) is 97.4 cm³/mol. The van der Waals surface area contributed by atoms with Crippen LogP contribution in [0.1, 0.15) is 11.1 Å². The molecule has 2 rings (SSSR count). The first-order chi connectivity index (χ1) is 10.0. The van der Waals surface area contributed by atoms with Crippen molar-refractivity contribution < 1.29 is 0 Å². The van der Waals surface area contributed by atoms with Crippen LogP contribution in [0.2, 0.25) is 10.0 Å². The Hall–Kier alpha value is 0.0800. The third kappa shape index (κ3) is 3.89. The number of hydrogen-bond donors (Lipinski definition) is 0. The lowest BCUT2D eigenvalue weighted by atomic mass is 9.78. The molecule has 0 unspecified atom stereocenters. The van der Waals surface area contributed by atoms with Crippen molar-refractivity contribution in [3.8, 4) is 0 Å². The molecule has 0 atom stereocenters. The fourth-order valence-corrected chi connectivity index (χ4v) is 4.13. The van der Waals surface area contributed by atoms with Gasteiger partial charge in [-0.05, 0) is 35.7 Å². The maximum Gasteiger partial charge on any atom is 0.0449 e. The molecular formula is C16H13BrCl4. The summed E-state index contributed by atoms with van der Waals surface area (Å²) in [6.45, 7) is 0. The van der Waals surface area contributed by atoms with E-state index in [2.05, 4.69) is 15.9 Å². The second-order valence-electron chi connectivity index (χ2n) is 4.94. The van der Waals surface area contributed by atoms with Gasteiger partial charge in [0.05, 0.1) is 0 Å². The molecule has 0 aliphatic rings. The van der Waals surface area contributed by atoms with E-state index < -0.39 is 5.41 Å². The smallest absolute Gasteiger partial charge is 0.0449 e. The number of hydrogen-bond acceptors (Lipinski definition) is 0. The van der Waals surface area contributed by atoms with Gasteiger partial charge in [0.15, 0.2) is 0 Å². The third-order valence-electron chi connectivity index (χ3n) is 3.50. The van der Waals surface area contributed by atoms with Crippen LogP contribution in [-0.4, -0.2) is 11.8 Å². The zero-order valence-electron chi connectivity index (χ0n) is 11.1. The summed E-state index contributed by atoms with van der Waals surface area (Å²) in [6.07, 6.45) is 0.635. The monoisotopic (exact) mass is 424 g/mol. The Balaban J connectivity index is 2.46. The van der Waals surface area contributed by atoms with Crippen molar-refractivity contribution >= 4 is 62.3 Å². The van der Waals surface area contributed by atoms with Crippen molar-refractivity contribution in [2.75, 3.05) is 11.8 Å². The minimum Gasteiger partial charge on any atom is -0.126 e. The molecule has 0 aliphatic heterocycles. The van der Waals surface area contributed by atoms with E-state index in [0.29, 0.717) is 28.2 Å². The summed E-state index contributed by atoms with van der Waals surface area (Å²) in [5.41, 5.74) is 1.51. The van der Waals surface area contributed by atoms with Crippen molar-refractivity contribution in [1.29, 1.82) is 0 Å². The molecular weight excluding hydrogens is 414 g/mol. The molecule has 0 N–H and O–H groups in total. The highest BCUT2D eigenvalue weighted by molar-refractivity contribution is 9.10. The van der Waals surface area contributed by atoms with Crippen molar-refractivity contribution in [2.24, 2.45) is 0 Å². The first-order valence-electron chi connectivity index (χ1n) is 6.33. The second kappa shape index (κ2) is 7.57. The first kappa shape index (κ1) is 17.4. The number of benzene rings is 2. The number of rotatable bonds is 5. The van der Waals surface area contributed by atoms with Crippen LogP contribution in [0, 0.1) is 0 Å². The fourth-order valence-electron chi connectivity index (χ4n) is 2.29. The van der Waals surface area contributed by atoms with Crippen molar-refractivity contribution in [3.05, 3.63) is 68.1 Å². The van der Waals surface area contributed by atoms with E-state index in [0.717, 1.165) is 15.6 Å². The summed E-state index contributed by atoms with van der Waals surface area (Å²) in [5.74, 6) is 0.735. The normalized spacial score (nSPS) is 11.7. The van der Waals surface area contributed by atoms with Crippen molar-refractivity contribution in [3.63, 3.8) is 0 Å². The summed E-state index contributed by atoms with van der Waals surface area (Å²) in [6, 6.07) is 13.5. The Labute approximate surface area is 153 Å². The van der Waals surface area contributed by atoms with E-state index in [1.807, 2.05) is 42.5 Å². The van der Waals surface area contributed by atoms with Gasteiger partial charge in [0.2, 0.25) is 0 Å². The molecule has 0 heterocycles. The van der Waals surface area contributed by atoms with Crippen LogP contribution in [0.15, 0.2) is 46.9 Å². The number of halogens is 5. The molecule has 5 heteroatoms. The average molecular weight is 427 g/mol. The van der Waals surface area contributed by atoms with Gasteiger partial charge >= 0.3 is 0 Å². The van der Waals surface area contributed by atoms with Gasteiger partial charge in [0.1, 0.15) is 0 Å². The maximum absolute atomic E-state index is 6.34.